The molecule has 1 fully saturated rings. The first-order valence-corrected chi connectivity index (χ1v) is 15.7. The van der Waals surface area contributed by atoms with Gasteiger partial charge in [-0.05, 0) is 43.2 Å². The Morgan fingerprint density at radius 3 is 2.47 bits per heavy atom. The summed E-state index contributed by atoms with van der Waals surface area (Å²) in [5, 5.41) is 4.49. The molecule has 1 saturated carbocycles. The van der Waals surface area contributed by atoms with Crippen LogP contribution in [0.2, 0.25) is 0 Å². The number of benzene rings is 1. The molecule has 1 aliphatic rings. The number of hydrogen-bond acceptors (Lipinski definition) is 9. The van der Waals surface area contributed by atoms with Crippen LogP contribution in [0, 0.1) is 11.7 Å². The minimum absolute atomic E-state index is 0.0441. The van der Waals surface area contributed by atoms with E-state index in [1.165, 1.54) is 30.5 Å². The van der Waals surface area contributed by atoms with Gasteiger partial charge in [-0.1, -0.05) is 30.2 Å². The van der Waals surface area contributed by atoms with E-state index in [2.05, 4.69) is 25.3 Å². The van der Waals surface area contributed by atoms with E-state index in [1.54, 1.807) is 0 Å². The molecule has 0 spiro atoms. The zero-order valence-corrected chi connectivity index (χ0v) is 22.6. The Morgan fingerprint density at radius 1 is 1.08 bits per heavy atom. The third-order valence-corrected chi connectivity index (χ3v) is 9.66. The molecule has 0 bridgehead atoms. The van der Waals surface area contributed by atoms with E-state index in [4.69, 9.17) is 0 Å². The number of sulfone groups is 1. The second kappa shape index (κ2) is 11.2. The van der Waals surface area contributed by atoms with E-state index in [-0.39, 0.29) is 43.0 Å². The first kappa shape index (κ1) is 27.8. The zero-order chi connectivity index (χ0) is 27.5. The van der Waals surface area contributed by atoms with Crippen molar-refractivity contribution in [2.75, 3.05) is 16.9 Å². The van der Waals surface area contributed by atoms with Crippen molar-refractivity contribution < 1.29 is 30.8 Å². The molecular formula is C23H24FN5O6S3. The van der Waals surface area contributed by atoms with Gasteiger partial charge >= 0.3 is 6.03 Å². The predicted molar refractivity (Wildman–Crippen MR) is 139 cm³/mol. The third kappa shape index (κ3) is 6.59. The van der Waals surface area contributed by atoms with Crippen LogP contribution in [0.1, 0.15) is 41.7 Å². The number of amides is 2. The molecule has 0 unspecified atom stereocenters. The van der Waals surface area contributed by atoms with Crippen LogP contribution in [0.25, 0.3) is 0 Å². The molecule has 0 saturated heterocycles. The molecule has 202 valence electrons. The van der Waals surface area contributed by atoms with Gasteiger partial charge in [0.1, 0.15) is 5.82 Å². The summed E-state index contributed by atoms with van der Waals surface area (Å²) in [5.41, 5.74) is 0.000521. The Labute approximate surface area is 222 Å². The maximum Gasteiger partial charge on any atom is 0.325 e. The minimum atomic E-state index is -4.19. The SMILES string of the molecule is CS(=O)(=O)NCc1nc(NC(=O)Nc2ccc(F)cc2C(=O)C2CCCC2)sc1S(=O)(=O)c1ccccn1. The summed E-state index contributed by atoms with van der Waals surface area (Å²) in [6.07, 6.45) is 5.39. The fourth-order valence-corrected chi connectivity index (χ4v) is 7.12. The van der Waals surface area contributed by atoms with E-state index in [0.29, 0.717) is 24.2 Å². The molecule has 3 N–H and O–H groups in total. The van der Waals surface area contributed by atoms with Crippen molar-refractivity contribution in [2.45, 2.75) is 41.5 Å². The molecule has 1 aliphatic carbocycles. The molecule has 2 aromatic heterocycles. The Bertz CT molecular complexity index is 1570. The van der Waals surface area contributed by atoms with E-state index < -0.39 is 38.3 Å². The number of nitrogens with zero attached hydrogens (tertiary/aromatic N) is 2. The van der Waals surface area contributed by atoms with Gasteiger partial charge in [0.15, 0.2) is 20.1 Å². The number of aromatic nitrogens is 2. The number of halogens is 1. The summed E-state index contributed by atoms with van der Waals surface area (Å²) in [6.45, 7) is -0.446. The Balaban J connectivity index is 1.60. The van der Waals surface area contributed by atoms with Crippen LogP contribution in [0.4, 0.5) is 20.0 Å². The maximum absolute atomic E-state index is 13.9. The van der Waals surface area contributed by atoms with Gasteiger partial charge in [0.05, 0.1) is 24.2 Å². The molecule has 15 heteroatoms. The summed E-state index contributed by atoms with van der Waals surface area (Å²) in [6, 6.07) is 6.90. The number of thiazole rings is 1. The van der Waals surface area contributed by atoms with Gasteiger partial charge in [0.25, 0.3) is 0 Å². The highest BCUT2D eigenvalue weighted by molar-refractivity contribution is 7.93. The summed E-state index contributed by atoms with van der Waals surface area (Å²) in [5.74, 6) is -1.13. The number of hydrogen-bond donors (Lipinski definition) is 3. The van der Waals surface area contributed by atoms with Gasteiger partial charge in [-0.3, -0.25) is 10.1 Å². The number of anilines is 2. The smallest absolute Gasteiger partial charge is 0.307 e. The van der Waals surface area contributed by atoms with Crippen LogP contribution in [0.3, 0.4) is 0 Å². The van der Waals surface area contributed by atoms with E-state index in [1.807, 2.05) is 0 Å². The molecule has 0 aliphatic heterocycles. The molecule has 3 aromatic rings. The second-order valence-corrected chi connectivity index (χ2v) is 13.6. The Kier molecular flexibility index (Phi) is 8.20. The van der Waals surface area contributed by atoms with Crippen LogP contribution in [-0.4, -0.2) is 44.9 Å². The summed E-state index contributed by atoms with van der Waals surface area (Å²) in [4.78, 5) is 33.7. The summed E-state index contributed by atoms with van der Waals surface area (Å²) < 4.78 is 65.4. The molecule has 0 radical (unpaired) electrons. The lowest BCUT2D eigenvalue weighted by molar-refractivity contribution is 0.0923. The van der Waals surface area contributed by atoms with Crippen LogP contribution in [-0.2, 0) is 26.4 Å². The predicted octanol–water partition coefficient (Wildman–Crippen LogP) is 3.58. The molecule has 1 aromatic carbocycles. The fraction of sp³-hybridized carbons (Fsp3) is 0.304. The highest BCUT2D eigenvalue weighted by atomic mass is 32.2. The molecule has 38 heavy (non-hydrogen) atoms. The number of carbonyl (C=O) groups excluding carboxylic acids is 2. The number of ketones is 1. The van der Waals surface area contributed by atoms with Gasteiger partial charge in [-0.25, -0.2) is 40.7 Å². The summed E-state index contributed by atoms with van der Waals surface area (Å²) >= 11 is 0.611. The molecule has 11 nitrogen and oxygen atoms in total. The van der Waals surface area contributed by atoms with Crippen LogP contribution >= 0.6 is 11.3 Å². The monoisotopic (exact) mass is 581 g/mol. The first-order chi connectivity index (χ1) is 17.9. The number of Topliss-reactive ketones (excluding diaryl/α,β-unsaturated/α-hetero) is 1. The average molecular weight is 582 g/mol. The molecule has 4 rings (SSSR count). The Morgan fingerprint density at radius 2 is 1.82 bits per heavy atom. The number of pyridine rings is 1. The van der Waals surface area contributed by atoms with Gasteiger partial charge in [0, 0.05) is 17.7 Å². The van der Waals surface area contributed by atoms with Crippen molar-refractivity contribution in [1.82, 2.24) is 14.7 Å². The minimum Gasteiger partial charge on any atom is -0.307 e. The molecule has 0 atom stereocenters. The molecular weight excluding hydrogens is 557 g/mol. The lowest BCUT2D eigenvalue weighted by atomic mass is 9.95. The Hall–Kier alpha value is -3.27. The quantitative estimate of drug-likeness (QED) is 0.323. The van der Waals surface area contributed by atoms with E-state index in [0.717, 1.165) is 31.2 Å². The van der Waals surface area contributed by atoms with Gasteiger partial charge in [-0.15, -0.1) is 0 Å². The maximum atomic E-state index is 13.9. The first-order valence-electron chi connectivity index (χ1n) is 11.5. The zero-order valence-electron chi connectivity index (χ0n) is 20.1. The van der Waals surface area contributed by atoms with Crippen molar-refractivity contribution in [3.8, 4) is 0 Å². The third-order valence-electron chi connectivity index (χ3n) is 5.76. The van der Waals surface area contributed by atoms with Crippen molar-refractivity contribution in [3.63, 3.8) is 0 Å². The standard InChI is InChI=1S/C23H24FN5O6S3/c1-37(32,33)26-13-18-21(38(34,35)19-8-4-5-11-25-19)36-23(28-18)29-22(31)27-17-10-9-15(24)12-16(17)20(30)14-6-2-3-7-14/h4-5,8-12,14,26H,2-3,6-7,13H2,1H3,(H2,27,28,29,31). The highest BCUT2D eigenvalue weighted by Gasteiger charge is 2.29. The van der Waals surface area contributed by atoms with E-state index >= 15 is 0 Å². The van der Waals surface area contributed by atoms with Crippen LogP contribution in [0.5, 0.6) is 0 Å². The van der Waals surface area contributed by atoms with E-state index in [9.17, 15) is 30.8 Å². The van der Waals surface area contributed by atoms with Crippen molar-refractivity contribution in [3.05, 3.63) is 59.7 Å². The largest absolute Gasteiger partial charge is 0.325 e. The number of carbonyl (C=O) groups is 2. The van der Waals surface area contributed by atoms with Gasteiger partial charge in [-0.2, -0.15) is 0 Å². The number of rotatable bonds is 9. The second-order valence-electron chi connectivity index (χ2n) is 8.63. The number of urea groups is 1. The van der Waals surface area contributed by atoms with Crippen molar-refractivity contribution in [1.29, 1.82) is 0 Å². The van der Waals surface area contributed by atoms with Crippen LogP contribution in [0.15, 0.2) is 51.8 Å². The lowest BCUT2D eigenvalue weighted by Crippen LogP contribution is -2.23. The van der Waals surface area contributed by atoms with Crippen LogP contribution < -0.4 is 15.4 Å². The highest BCUT2D eigenvalue weighted by Crippen LogP contribution is 2.33. The number of sulfonamides is 1. The fourth-order valence-electron chi connectivity index (χ4n) is 4.00. The van der Waals surface area contributed by atoms with Crippen molar-refractivity contribution in [2.24, 2.45) is 5.92 Å². The lowest BCUT2D eigenvalue weighted by Gasteiger charge is -2.14. The normalized spacial score (nSPS) is 14.4. The molecule has 2 amide bonds. The number of nitrogens with one attached hydrogen (secondary N) is 3. The summed E-state index contributed by atoms with van der Waals surface area (Å²) in [7, 11) is -7.88. The average Bonchev–Trinajstić information content (AvgIpc) is 3.54. The topological polar surface area (TPSA) is 164 Å². The van der Waals surface area contributed by atoms with Crippen molar-refractivity contribution >= 4 is 53.8 Å². The van der Waals surface area contributed by atoms with Gasteiger partial charge in [0.2, 0.25) is 19.9 Å². The van der Waals surface area contributed by atoms with Gasteiger partial charge < -0.3 is 5.32 Å². The molecule has 2 heterocycles.